The second kappa shape index (κ2) is 11.6. The standard InChI is InChI=1S/C33H33NO5S/c1-20-15-21(2)31(22(3)16-20)23-11-13-25(14-12-23)40(35)30-10-8-7-9-26(30)33-34-27(19-39-33)24-17-28(36-4)32(38-6)29(18-24)37-5/h7-18,27H,19H2,1-6H3/t27?,40-/m0/s1. The van der Waals surface area contributed by atoms with E-state index >= 15 is 0 Å². The van der Waals surface area contributed by atoms with Gasteiger partial charge in [-0.2, -0.15) is 0 Å². The van der Waals surface area contributed by atoms with Crippen molar-refractivity contribution in [3.63, 3.8) is 0 Å². The minimum atomic E-state index is -1.42. The summed E-state index contributed by atoms with van der Waals surface area (Å²) in [6, 6.07) is 23.4. The van der Waals surface area contributed by atoms with Gasteiger partial charge in [-0.25, -0.2) is 9.20 Å². The Morgan fingerprint density at radius 3 is 2.05 bits per heavy atom. The minimum Gasteiger partial charge on any atom is -0.493 e. The van der Waals surface area contributed by atoms with Crippen molar-refractivity contribution in [1.82, 2.24) is 0 Å². The summed E-state index contributed by atoms with van der Waals surface area (Å²) in [5, 5.41) is 0. The molecule has 40 heavy (non-hydrogen) atoms. The molecule has 0 bridgehead atoms. The summed E-state index contributed by atoms with van der Waals surface area (Å²) in [6.45, 7) is 6.72. The number of aryl methyl sites for hydroxylation is 3. The Hall–Kier alpha value is -4.10. The number of ether oxygens (including phenoxy) is 4. The summed E-state index contributed by atoms with van der Waals surface area (Å²) in [7, 11) is 3.32. The van der Waals surface area contributed by atoms with E-state index in [2.05, 4.69) is 32.9 Å². The molecule has 0 saturated heterocycles. The molecule has 0 aromatic heterocycles. The molecule has 0 N–H and O–H groups in total. The van der Waals surface area contributed by atoms with E-state index in [1.807, 2.05) is 60.7 Å². The Kier molecular flexibility index (Phi) is 7.94. The normalized spacial score (nSPS) is 15.2. The third-order valence-corrected chi connectivity index (χ3v) is 8.53. The minimum absolute atomic E-state index is 0.273. The SMILES string of the molecule is COc1cc(C2COC(c3ccccc3[S@@](=O)c3ccc(-c4c(C)cc(C)cc4C)cc3)=N2)cc(OC)c1OC. The Balaban J connectivity index is 1.45. The molecule has 1 aliphatic rings. The van der Waals surface area contributed by atoms with Crippen LogP contribution in [-0.2, 0) is 15.5 Å². The van der Waals surface area contributed by atoms with Gasteiger partial charge in [-0.05, 0) is 85.0 Å². The van der Waals surface area contributed by atoms with E-state index in [1.54, 1.807) is 21.3 Å². The third-order valence-electron chi connectivity index (χ3n) is 7.07. The largest absolute Gasteiger partial charge is 0.493 e. The number of hydrogen-bond donors (Lipinski definition) is 0. The van der Waals surface area contributed by atoms with Crippen LogP contribution in [0.2, 0.25) is 0 Å². The smallest absolute Gasteiger partial charge is 0.218 e. The maximum absolute atomic E-state index is 13.8. The first-order valence-electron chi connectivity index (χ1n) is 13.0. The van der Waals surface area contributed by atoms with Crippen LogP contribution in [0.4, 0.5) is 0 Å². The Labute approximate surface area is 238 Å². The lowest BCUT2D eigenvalue weighted by molar-refractivity contribution is 0.312. The van der Waals surface area contributed by atoms with Crippen molar-refractivity contribution in [1.29, 1.82) is 0 Å². The van der Waals surface area contributed by atoms with Gasteiger partial charge in [-0.1, -0.05) is 42.0 Å². The van der Waals surface area contributed by atoms with Crippen LogP contribution in [-0.4, -0.2) is 38.0 Å². The van der Waals surface area contributed by atoms with Gasteiger partial charge in [-0.15, -0.1) is 0 Å². The van der Waals surface area contributed by atoms with Crippen LogP contribution in [0.25, 0.3) is 11.1 Å². The van der Waals surface area contributed by atoms with E-state index in [9.17, 15) is 4.21 Å². The Bertz CT molecular complexity index is 1560. The molecule has 4 aromatic carbocycles. The van der Waals surface area contributed by atoms with Crippen LogP contribution in [0.3, 0.4) is 0 Å². The Morgan fingerprint density at radius 2 is 1.45 bits per heavy atom. The molecule has 0 saturated carbocycles. The molecule has 206 valence electrons. The van der Waals surface area contributed by atoms with E-state index in [-0.39, 0.29) is 6.04 Å². The van der Waals surface area contributed by atoms with Crippen LogP contribution in [0, 0.1) is 20.8 Å². The van der Waals surface area contributed by atoms with Crippen LogP contribution in [0.5, 0.6) is 17.2 Å². The molecule has 0 radical (unpaired) electrons. The highest BCUT2D eigenvalue weighted by Crippen LogP contribution is 2.41. The monoisotopic (exact) mass is 555 g/mol. The zero-order chi connectivity index (χ0) is 28.4. The molecule has 4 aromatic rings. The van der Waals surface area contributed by atoms with Crippen molar-refractivity contribution < 1.29 is 23.2 Å². The molecule has 1 aliphatic heterocycles. The first-order valence-corrected chi connectivity index (χ1v) is 14.2. The van der Waals surface area contributed by atoms with Gasteiger partial charge in [0.15, 0.2) is 11.5 Å². The summed E-state index contributed by atoms with van der Waals surface area (Å²) >= 11 is 0. The molecule has 7 heteroatoms. The summed E-state index contributed by atoms with van der Waals surface area (Å²) in [4.78, 5) is 6.24. The van der Waals surface area contributed by atoms with Gasteiger partial charge in [-0.3, -0.25) is 0 Å². The fraction of sp³-hybridized carbons (Fsp3) is 0.242. The average Bonchev–Trinajstić information content (AvgIpc) is 3.46. The van der Waals surface area contributed by atoms with Gasteiger partial charge >= 0.3 is 0 Å². The van der Waals surface area contributed by atoms with Gasteiger partial charge in [0.1, 0.15) is 12.6 Å². The highest BCUT2D eigenvalue weighted by atomic mass is 32.2. The maximum Gasteiger partial charge on any atom is 0.218 e. The summed E-state index contributed by atoms with van der Waals surface area (Å²) in [5.41, 5.74) is 7.63. The lowest BCUT2D eigenvalue weighted by Gasteiger charge is -2.15. The highest BCUT2D eigenvalue weighted by molar-refractivity contribution is 7.85. The topological polar surface area (TPSA) is 66.4 Å². The third kappa shape index (κ3) is 5.21. The maximum atomic E-state index is 13.8. The molecule has 0 spiro atoms. The molecule has 0 amide bonds. The van der Waals surface area contributed by atoms with Crippen LogP contribution >= 0.6 is 0 Å². The van der Waals surface area contributed by atoms with Gasteiger partial charge in [0, 0.05) is 4.90 Å². The second-order valence-corrected chi connectivity index (χ2v) is 11.2. The second-order valence-electron chi connectivity index (χ2n) is 9.78. The molecule has 1 heterocycles. The number of benzene rings is 4. The number of rotatable bonds is 8. The zero-order valence-electron chi connectivity index (χ0n) is 23.6. The van der Waals surface area contributed by atoms with Gasteiger partial charge < -0.3 is 18.9 Å². The van der Waals surface area contributed by atoms with Crippen molar-refractivity contribution in [3.05, 3.63) is 101 Å². The van der Waals surface area contributed by atoms with E-state index < -0.39 is 10.8 Å². The van der Waals surface area contributed by atoms with E-state index in [1.165, 1.54) is 22.3 Å². The predicted octanol–water partition coefficient (Wildman–Crippen LogP) is 6.99. The number of nitrogens with zero attached hydrogens (tertiary/aromatic N) is 1. The first kappa shape index (κ1) is 27.5. The van der Waals surface area contributed by atoms with Crippen molar-refractivity contribution in [2.45, 2.75) is 36.6 Å². The molecule has 0 aliphatic carbocycles. The number of hydrogen-bond acceptors (Lipinski definition) is 6. The fourth-order valence-electron chi connectivity index (χ4n) is 5.30. The molecule has 5 rings (SSSR count). The van der Waals surface area contributed by atoms with Gasteiger partial charge in [0.25, 0.3) is 0 Å². The van der Waals surface area contributed by atoms with Crippen molar-refractivity contribution in [2.24, 2.45) is 4.99 Å². The van der Waals surface area contributed by atoms with Crippen LogP contribution < -0.4 is 14.2 Å². The number of aliphatic imine (C=N–C) groups is 1. The van der Waals surface area contributed by atoms with E-state index in [4.69, 9.17) is 23.9 Å². The number of methoxy groups -OCH3 is 3. The summed E-state index contributed by atoms with van der Waals surface area (Å²) in [6.07, 6.45) is 0. The molecule has 2 atom stereocenters. The average molecular weight is 556 g/mol. The van der Waals surface area contributed by atoms with Gasteiger partial charge in [0.2, 0.25) is 11.6 Å². The summed E-state index contributed by atoms with van der Waals surface area (Å²) in [5.74, 6) is 2.10. The summed E-state index contributed by atoms with van der Waals surface area (Å²) < 4.78 is 36.3. The molecular weight excluding hydrogens is 522 g/mol. The quantitative estimate of drug-likeness (QED) is 0.234. The zero-order valence-corrected chi connectivity index (χ0v) is 24.4. The molecule has 1 unspecified atom stereocenters. The first-order chi connectivity index (χ1) is 19.3. The lowest BCUT2D eigenvalue weighted by Crippen LogP contribution is -2.07. The van der Waals surface area contributed by atoms with Crippen LogP contribution in [0.15, 0.2) is 87.6 Å². The van der Waals surface area contributed by atoms with Crippen molar-refractivity contribution in [3.8, 4) is 28.4 Å². The Morgan fingerprint density at radius 1 is 0.825 bits per heavy atom. The molecule has 6 nitrogen and oxygen atoms in total. The lowest BCUT2D eigenvalue weighted by atomic mass is 9.94. The van der Waals surface area contributed by atoms with E-state index in [0.29, 0.717) is 40.2 Å². The van der Waals surface area contributed by atoms with Gasteiger partial charge in [0.05, 0.1) is 42.6 Å². The fourth-order valence-corrected chi connectivity index (χ4v) is 6.49. The highest BCUT2D eigenvalue weighted by Gasteiger charge is 2.27. The van der Waals surface area contributed by atoms with Crippen molar-refractivity contribution >= 4 is 16.7 Å². The van der Waals surface area contributed by atoms with Crippen molar-refractivity contribution in [2.75, 3.05) is 27.9 Å². The molecule has 0 fully saturated rings. The molecular formula is C33H33NO5S. The van der Waals surface area contributed by atoms with E-state index in [0.717, 1.165) is 16.0 Å². The van der Waals surface area contributed by atoms with Crippen LogP contribution in [0.1, 0.15) is 33.9 Å². The predicted molar refractivity (Wildman–Crippen MR) is 159 cm³/mol.